The standard InChI is InChI=1S/C21H40N6.HI/c1-4-22-21(23-15-19-16-24(2)7-8-25(19)3)27-11-9-26(10-12-27)20-14-17-5-6-18(20)13-17;/h17-20H,4-16H2,1-3H3,(H,22,23);1H. The summed E-state index contributed by atoms with van der Waals surface area (Å²) in [6.45, 7) is 12.1. The monoisotopic (exact) mass is 504 g/mol. The van der Waals surface area contributed by atoms with Crippen molar-refractivity contribution in [3.8, 4) is 0 Å². The minimum atomic E-state index is 0. The number of fused-ring (bicyclic) bond motifs is 2. The molecular formula is C21H41IN6. The van der Waals surface area contributed by atoms with Crippen LogP contribution in [0.1, 0.15) is 32.6 Å². The van der Waals surface area contributed by atoms with Gasteiger partial charge >= 0.3 is 0 Å². The highest BCUT2D eigenvalue weighted by Crippen LogP contribution is 2.46. The van der Waals surface area contributed by atoms with Gasteiger partial charge in [0.1, 0.15) is 0 Å². The van der Waals surface area contributed by atoms with E-state index in [0.717, 1.165) is 63.1 Å². The van der Waals surface area contributed by atoms with Crippen molar-refractivity contribution in [3.05, 3.63) is 0 Å². The van der Waals surface area contributed by atoms with Crippen molar-refractivity contribution in [3.63, 3.8) is 0 Å². The highest BCUT2D eigenvalue weighted by molar-refractivity contribution is 14.0. The van der Waals surface area contributed by atoms with Crippen LogP contribution in [0.5, 0.6) is 0 Å². The Morgan fingerprint density at radius 2 is 1.79 bits per heavy atom. The third kappa shape index (κ3) is 5.13. The minimum absolute atomic E-state index is 0. The Morgan fingerprint density at radius 1 is 1.00 bits per heavy atom. The molecule has 2 aliphatic carbocycles. The van der Waals surface area contributed by atoms with Crippen LogP contribution in [-0.2, 0) is 0 Å². The molecule has 4 aliphatic rings. The molecule has 6 nitrogen and oxygen atoms in total. The predicted octanol–water partition coefficient (Wildman–Crippen LogP) is 1.62. The molecule has 0 amide bonds. The van der Waals surface area contributed by atoms with Gasteiger partial charge in [0.05, 0.1) is 6.54 Å². The molecule has 0 radical (unpaired) electrons. The summed E-state index contributed by atoms with van der Waals surface area (Å²) in [4.78, 5) is 15.3. The van der Waals surface area contributed by atoms with Gasteiger partial charge < -0.3 is 15.1 Å². The molecule has 4 fully saturated rings. The molecule has 2 saturated carbocycles. The molecule has 4 unspecified atom stereocenters. The summed E-state index contributed by atoms with van der Waals surface area (Å²) in [7, 11) is 4.47. The molecular weight excluding hydrogens is 463 g/mol. The van der Waals surface area contributed by atoms with Crippen molar-refractivity contribution in [2.45, 2.75) is 44.7 Å². The fourth-order valence-electron chi connectivity index (χ4n) is 5.84. The molecule has 0 aromatic heterocycles. The Labute approximate surface area is 189 Å². The Bertz CT molecular complexity index is 521. The van der Waals surface area contributed by atoms with Gasteiger partial charge in [0.25, 0.3) is 0 Å². The molecule has 0 spiro atoms. The van der Waals surface area contributed by atoms with Gasteiger partial charge in [-0.25, -0.2) is 0 Å². The van der Waals surface area contributed by atoms with E-state index in [4.69, 9.17) is 4.99 Å². The number of hydrogen-bond acceptors (Lipinski definition) is 4. The van der Waals surface area contributed by atoms with E-state index >= 15 is 0 Å². The largest absolute Gasteiger partial charge is 0.357 e. The topological polar surface area (TPSA) is 37.4 Å². The van der Waals surface area contributed by atoms with E-state index in [1.54, 1.807) is 0 Å². The number of piperazine rings is 2. The van der Waals surface area contributed by atoms with Gasteiger partial charge in [-0.1, -0.05) is 6.42 Å². The molecule has 2 bridgehead atoms. The van der Waals surface area contributed by atoms with Gasteiger partial charge in [0, 0.05) is 64.4 Å². The van der Waals surface area contributed by atoms with Gasteiger partial charge in [0.2, 0.25) is 0 Å². The summed E-state index contributed by atoms with van der Waals surface area (Å²) < 4.78 is 0. The second-order valence-electron chi connectivity index (χ2n) is 9.36. The first-order valence-corrected chi connectivity index (χ1v) is 11.3. The SMILES string of the molecule is CCNC(=NCC1CN(C)CCN1C)N1CCN(C2CC3CCC2C3)CC1.I. The Kier molecular flexibility index (Phi) is 8.27. The van der Waals surface area contributed by atoms with E-state index < -0.39 is 0 Å². The highest BCUT2D eigenvalue weighted by atomic mass is 127. The Hall–Kier alpha value is -0.120. The number of halogens is 1. The summed E-state index contributed by atoms with van der Waals surface area (Å²) in [6, 6.07) is 1.42. The molecule has 4 rings (SSSR count). The van der Waals surface area contributed by atoms with E-state index in [2.05, 4.69) is 45.9 Å². The predicted molar refractivity (Wildman–Crippen MR) is 128 cm³/mol. The van der Waals surface area contributed by atoms with Crippen LogP contribution in [0, 0.1) is 11.8 Å². The van der Waals surface area contributed by atoms with Crippen molar-refractivity contribution in [1.29, 1.82) is 0 Å². The molecule has 0 aromatic rings. The van der Waals surface area contributed by atoms with Crippen LogP contribution in [0.25, 0.3) is 0 Å². The van der Waals surface area contributed by atoms with Gasteiger partial charge in [-0.15, -0.1) is 24.0 Å². The van der Waals surface area contributed by atoms with E-state index in [1.807, 2.05) is 0 Å². The third-order valence-corrected chi connectivity index (χ3v) is 7.55. The first-order chi connectivity index (χ1) is 13.1. The van der Waals surface area contributed by atoms with Crippen molar-refractivity contribution >= 4 is 29.9 Å². The maximum absolute atomic E-state index is 5.05. The third-order valence-electron chi connectivity index (χ3n) is 7.55. The van der Waals surface area contributed by atoms with Gasteiger partial charge in [-0.2, -0.15) is 0 Å². The zero-order valence-corrected chi connectivity index (χ0v) is 20.5. The van der Waals surface area contributed by atoms with Crippen LogP contribution < -0.4 is 5.32 Å². The lowest BCUT2D eigenvalue weighted by Crippen LogP contribution is -2.56. The van der Waals surface area contributed by atoms with Crippen LogP contribution in [-0.4, -0.2) is 111 Å². The first kappa shape index (κ1) is 22.6. The van der Waals surface area contributed by atoms with Crippen LogP contribution >= 0.6 is 24.0 Å². The van der Waals surface area contributed by atoms with Crippen molar-refractivity contribution in [2.24, 2.45) is 16.8 Å². The number of nitrogens with one attached hydrogen (secondary N) is 1. The molecule has 28 heavy (non-hydrogen) atoms. The van der Waals surface area contributed by atoms with Crippen LogP contribution in [0.3, 0.4) is 0 Å². The van der Waals surface area contributed by atoms with Crippen LogP contribution in [0.15, 0.2) is 4.99 Å². The summed E-state index contributed by atoms with van der Waals surface area (Å²) in [5.41, 5.74) is 0. The van der Waals surface area contributed by atoms with Crippen molar-refractivity contribution in [1.82, 2.24) is 24.9 Å². The molecule has 1 N–H and O–H groups in total. The average Bonchev–Trinajstić information content (AvgIpc) is 3.31. The van der Waals surface area contributed by atoms with Crippen LogP contribution in [0.4, 0.5) is 0 Å². The summed E-state index contributed by atoms with van der Waals surface area (Å²) in [5, 5.41) is 3.55. The quantitative estimate of drug-likeness (QED) is 0.358. The lowest BCUT2D eigenvalue weighted by atomic mass is 9.93. The normalized spacial score (nSPS) is 35.2. The molecule has 7 heteroatoms. The van der Waals surface area contributed by atoms with Crippen molar-refractivity contribution < 1.29 is 0 Å². The van der Waals surface area contributed by atoms with Crippen molar-refractivity contribution in [2.75, 3.05) is 73.0 Å². The molecule has 4 atom stereocenters. The Morgan fingerprint density at radius 3 is 2.43 bits per heavy atom. The highest BCUT2D eigenvalue weighted by Gasteiger charge is 2.42. The smallest absolute Gasteiger partial charge is 0.194 e. The van der Waals surface area contributed by atoms with E-state index in [1.165, 1.54) is 45.3 Å². The molecule has 2 heterocycles. The zero-order valence-electron chi connectivity index (χ0n) is 18.1. The van der Waals surface area contributed by atoms with Gasteiger partial charge in [-0.3, -0.25) is 14.8 Å². The maximum Gasteiger partial charge on any atom is 0.194 e. The fourth-order valence-corrected chi connectivity index (χ4v) is 5.84. The van der Waals surface area contributed by atoms with Gasteiger partial charge in [-0.05, 0) is 52.1 Å². The van der Waals surface area contributed by atoms with Crippen LogP contribution in [0.2, 0.25) is 0 Å². The number of aliphatic imine (C=N–C) groups is 1. The maximum atomic E-state index is 5.05. The minimum Gasteiger partial charge on any atom is -0.357 e. The summed E-state index contributed by atoms with van der Waals surface area (Å²) in [5.74, 6) is 3.18. The molecule has 2 aliphatic heterocycles. The number of likely N-dealkylation sites (N-methyl/N-ethyl adjacent to an activating group) is 2. The number of nitrogens with zero attached hydrogens (tertiary/aromatic N) is 5. The van der Waals surface area contributed by atoms with E-state index in [-0.39, 0.29) is 24.0 Å². The fraction of sp³-hybridized carbons (Fsp3) is 0.952. The molecule has 2 saturated heterocycles. The summed E-state index contributed by atoms with van der Waals surface area (Å²) in [6.07, 6.45) is 5.98. The average molecular weight is 505 g/mol. The second-order valence-corrected chi connectivity index (χ2v) is 9.36. The van der Waals surface area contributed by atoms with E-state index in [0.29, 0.717) is 6.04 Å². The lowest BCUT2D eigenvalue weighted by molar-refractivity contribution is 0.0952. The summed E-state index contributed by atoms with van der Waals surface area (Å²) >= 11 is 0. The first-order valence-electron chi connectivity index (χ1n) is 11.3. The lowest BCUT2D eigenvalue weighted by Gasteiger charge is -2.42. The molecule has 162 valence electrons. The number of guanidine groups is 1. The number of hydrogen-bond donors (Lipinski definition) is 1. The Balaban J connectivity index is 0.00000225. The number of rotatable bonds is 4. The zero-order chi connectivity index (χ0) is 18.8. The second kappa shape index (κ2) is 10.3. The van der Waals surface area contributed by atoms with E-state index in [9.17, 15) is 0 Å². The van der Waals surface area contributed by atoms with Gasteiger partial charge in [0.15, 0.2) is 5.96 Å². The molecule has 0 aromatic carbocycles.